The van der Waals surface area contributed by atoms with Crippen LogP contribution in [0.15, 0.2) is 18.2 Å². The molecular weight excluding hydrogens is 226 g/mol. The van der Waals surface area contributed by atoms with Crippen LogP contribution in [0.4, 0.5) is 11.6 Å². The fraction of sp³-hybridized carbons (Fsp3) is 0.462. The van der Waals surface area contributed by atoms with Gasteiger partial charge in [-0.3, -0.25) is 0 Å². The van der Waals surface area contributed by atoms with Crippen LogP contribution in [-0.4, -0.2) is 49.1 Å². The van der Waals surface area contributed by atoms with E-state index < -0.39 is 0 Å². The van der Waals surface area contributed by atoms with Crippen molar-refractivity contribution in [2.24, 2.45) is 0 Å². The van der Waals surface area contributed by atoms with Crippen molar-refractivity contribution in [2.45, 2.75) is 6.42 Å². The summed E-state index contributed by atoms with van der Waals surface area (Å²) in [5, 5.41) is 0. The summed E-state index contributed by atoms with van der Waals surface area (Å²) in [4.78, 5) is 12.2. The van der Waals surface area contributed by atoms with Gasteiger partial charge in [0, 0.05) is 19.3 Å². The molecule has 0 unspecified atom stereocenters. The minimum atomic E-state index is 0.757. The number of aromatic nitrogens is 2. The van der Waals surface area contributed by atoms with Crippen molar-refractivity contribution in [1.82, 2.24) is 14.9 Å². The molecule has 98 valence electrons. The van der Waals surface area contributed by atoms with Gasteiger partial charge in [0.25, 0.3) is 0 Å². The number of rotatable bonds is 5. The Balaban J connectivity index is 2.06. The molecule has 0 spiro atoms. The Hall–Kier alpha value is -1.75. The molecule has 0 amide bonds. The van der Waals surface area contributed by atoms with Crippen LogP contribution >= 0.6 is 0 Å². The van der Waals surface area contributed by atoms with E-state index in [0.717, 1.165) is 42.2 Å². The number of aromatic amines is 1. The van der Waals surface area contributed by atoms with Gasteiger partial charge in [0.1, 0.15) is 0 Å². The van der Waals surface area contributed by atoms with Crippen molar-refractivity contribution in [1.29, 1.82) is 0 Å². The Labute approximate surface area is 108 Å². The number of hydrogen-bond acceptors (Lipinski definition) is 4. The minimum Gasteiger partial charge on any atom is -0.399 e. The predicted molar refractivity (Wildman–Crippen MR) is 76.9 cm³/mol. The van der Waals surface area contributed by atoms with Gasteiger partial charge < -0.3 is 20.5 Å². The summed E-state index contributed by atoms with van der Waals surface area (Å²) in [6.45, 7) is 2.06. The fourth-order valence-corrected chi connectivity index (χ4v) is 1.92. The van der Waals surface area contributed by atoms with Gasteiger partial charge in [-0.2, -0.15) is 0 Å². The van der Waals surface area contributed by atoms with Gasteiger partial charge in [-0.1, -0.05) is 0 Å². The number of hydrogen-bond donors (Lipinski definition) is 2. The number of fused-ring (bicyclic) bond motifs is 1. The zero-order valence-electron chi connectivity index (χ0n) is 11.3. The molecule has 2 aromatic rings. The average Bonchev–Trinajstić information content (AvgIpc) is 2.71. The number of nitrogens with two attached hydrogens (primary N) is 1. The van der Waals surface area contributed by atoms with Gasteiger partial charge in [0.2, 0.25) is 5.95 Å². The highest BCUT2D eigenvalue weighted by Gasteiger charge is 2.07. The smallest absolute Gasteiger partial charge is 0.203 e. The molecular formula is C13H21N5. The second kappa shape index (κ2) is 5.27. The van der Waals surface area contributed by atoms with Crippen molar-refractivity contribution in [2.75, 3.05) is 44.9 Å². The summed E-state index contributed by atoms with van der Waals surface area (Å²) in [5.74, 6) is 0.898. The molecule has 2 rings (SSSR count). The van der Waals surface area contributed by atoms with Crippen molar-refractivity contribution >= 4 is 22.7 Å². The van der Waals surface area contributed by atoms with Crippen molar-refractivity contribution < 1.29 is 0 Å². The van der Waals surface area contributed by atoms with Crippen LogP contribution in [-0.2, 0) is 0 Å². The molecule has 5 nitrogen and oxygen atoms in total. The molecule has 1 aromatic carbocycles. The van der Waals surface area contributed by atoms with Crippen molar-refractivity contribution in [3.8, 4) is 0 Å². The molecule has 0 aliphatic heterocycles. The zero-order valence-corrected chi connectivity index (χ0v) is 11.3. The standard InChI is InChI=1S/C13H21N5/c1-17(2)7-4-8-18(3)13-15-11-6-5-10(14)9-12(11)16-13/h5-6,9H,4,7-8,14H2,1-3H3,(H,15,16). The van der Waals surface area contributed by atoms with Crippen LogP contribution in [0, 0.1) is 0 Å². The van der Waals surface area contributed by atoms with Gasteiger partial charge in [-0.15, -0.1) is 0 Å². The zero-order chi connectivity index (χ0) is 13.1. The van der Waals surface area contributed by atoms with E-state index in [-0.39, 0.29) is 0 Å². The molecule has 0 fully saturated rings. The van der Waals surface area contributed by atoms with E-state index in [1.165, 1.54) is 0 Å². The third-order valence-electron chi connectivity index (χ3n) is 2.95. The fourth-order valence-electron chi connectivity index (χ4n) is 1.92. The second-order valence-electron chi connectivity index (χ2n) is 4.92. The molecule has 1 heterocycles. The van der Waals surface area contributed by atoms with Gasteiger partial charge in [-0.05, 0) is 45.3 Å². The average molecular weight is 247 g/mol. The quantitative estimate of drug-likeness (QED) is 0.787. The topological polar surface area (TPSA) is 61.2 Å². The number of nitrogens with one attached hydrogen (secondary N) is 1. The third-order valence-corrected chi connectivity index (χ3v) is 2.95. The van der Waals surface area contributed by atoms with E-state index >= 15 is 0 Å². The Morgan fingerprint density at radius 2 is 2.00 bits per heavy atom. The third kappa shape index (κ3) is 2.92. The molecule has 1 aromatic heterocycles. The number of nitrogen functional groups attached to an aromatic ring is 1. The predicted octanol–water partition coefficient (Wildman–Crippen LogP) is 1.53. The lowest BCUT2D eigenvalue weighted by Gasteiger charge is -2.17. The van der Waals surface area contributed by atoms with E-state index in [4.69, 9.17) is 5.73 Å². The lowest BCUT2D eigenvalue weighted by Crippen LogP contribution is -2.24. The first kappa shape index (κ1) is 12.7. The number of imidazole rings is 1. The summed E-state index contributed by atoms with van der Waals surface area (Å²) in [6.07, 6.45) is 1.11. The summed E-state index contributed by atoms with van der Waals surface area (Å²) in [5.41, 5.74) is 8.46. The molecule has 0 aliphatic rings. The van der Waals surface area contributed by atoms with Gasteiger partial charge in [0.05, 0.1) is 11.0 Å². The highest BCUT2D eigenvalue weighted by molar-refractivity contribution is 5.80. The lowest BCUT2D eigenvalue weighted by molar-refractivity contribution is 0.401. The Kier molecular flexibility index (Phi) is 3.72. The molecule has 0 bridgehead atoms. The monoisotopic (exact) mass is 247 g/mol. The summed E-state index contributed by atoms with van der Waals surface area (Å²) >= 11 is 0. The summed E-state index contributed by atoms with van der Waals surface area (Å²) in [6, 6.07) is 5.73. The Morgan fingerprint density at radius 3 is 2.72 bits per heavy atom. The highest BCUT2D eigenvalue weighted by atomic mass is 15.2. The molecule has 18 heavy (non-hydrogen) atoms. The maximum Gasteiger partial charge on any atom is 0.203 e. The van der Waals surface area contributed by atoms with Crippen LogP contribution in [0.3, 0.4) is 0 Å². The van der Waals surface area contributed by atoms with E-state index in [1.54, 1.807) is 0 Å². The van der Waals surface area contributed by atoms with Crippen LogP contribution in [0.2, 0.25) is 0 Å². The summed E-state index contributed by atoms with van der Waals surface area (Å²) < 4.78 is 0. The summed E-state index contributed by atoms with van der Waals surface area (Å²) in [7, 11) is 6.23. The van der Waals surface area contributed by atoms with Gasteiger partial charge in [-0.25, -0.2) is 4.98 Å². The van der Waals surface area contributed by atoms with Crippen molar-refractivity contribution in [3.63, 3.8) is 0 Å². The largest absolute Gasteiger partial charge is 0.399 e. The number of nitrogens with zero attached hydrogens (tertiary/aromatic N) is 3. The first-order valence-corrected chi connectivity index (χ1v) is 6.17. The first-order chi connectivity index (χ1) is 8.56. The van der Waals surface area contributed by atoms with E-state index in [1.807, 2.05) is 18.2 Å². The molecule has 0 saturated carbocycles. The molecule has 0 saturated heterocycles. The van der Waals surface area contributed by atoms with Crippen molar-refractivity contribution in [3.05, 3.63) is 18.2 Å². The highest BCUT2D eigenvalue weighted by Crippen LogP contribution is 2.18. The van der Waals surface area contributed by atoms with Crippen LogP contribution < -0.4 is 10.6 Å². The van der Waals surface area contributed by atoms with E-state index in [2.05, 4.69) is 40.9 Å². The van der Waals surface area contributed by atoms with Gasteiger partial charge >= 0.3 is 0 Å². The lowest BCUT2D eigenvalue weighted by atomic mass is 10.3. The Morgan fingerprint density at radius 1 is 1.22 bits per heavy atom. The number of H-pyrrole nitrogens is 1. The normalized spacial score (nSPS) is 11.3. The maximum atomic E-state index is 5.76. The van der Waals surface area contributed by atoms with Gasteiger partial charge in [0.15, 0.2) is 0 Å². The SMILES string of the molecule is CN(C)CCCN(C)c1nc2ccc(N)cc2[nH]1. The molecule has 0 aliphatic carbocycles. The minimum absolute atomic E-state index is 0.757. The van der Waals surface area contributed by atoms with Crippen LogP contribution in [0.5, 0.6) is 0 Å². The first-order valence-electron chi connectivity index (χ1n) is 6.17. The second-order valence-corrected chi connectivity index (χ2v) is 4.92. The van der Waals surface area contributed by atoms with E-state index in [0.29, 0.717) is 0 Å². The molecule has 3 N–H and O–H groups in total. The van der Waals surface area contributed by atoms with E-state index in [9.17, 15) is 0 Å². The van der Waals surface area contributed by atoms with Crippen LogP contribution in [0.1, 0.15) is 6.42 Å². The molecule has 0 radical (unpaired) electrons. The molecule has 5 heteroatoms. The van der Waals surface area contributed by atoms with Crippen LogP contribution in [0.25, 0.3) is 11.0 Å². The maximum absolute atomic E-state index is 5.76. The molecule has 0 atom stereocenters. The number of benzene rings is 1. The Bertz CT molecular complexity index is 517. The number of anilines is 2.